The molecule has 0 saturated carbocycles. The van der Waals surface area contributed by atoms with E-state index in [1.54, 1.807) is 18.2 Å². The maximum atomic E-state index is 12.5. The lowest BCUT2D eigenvalue weighted by atomic mass is 10.1. The first-order chi connectivity index (χ1) is 9.45. The van der Waals surface area contributed by atoms with E-state index in [4.69, 9.17) is 4.74 Å². The molecule has 0 saturated heterocycles. The van der Waals surface area contributed by atoms with E-state index >= 15 is 0 Å². The van der Waals surface area contributed by atoms with Crippen molar-refractivity contribution in [2.24, 2.45) is 0 Å². The van der Waals surface area contributed by atoms with Gasteiger partial charge in [0.15, 0.2) is 11.5 Å². The number of hydrogen-bond donors (Lipinski definition) is 1. The molecule has 0 aliphatic rings. The van der Waals surface area contributed by atoms with Gasteiger partial charge in [-0.1, -0.05) is 12.1 Å². The molecular weight excluding hydrogens is 266 g/mol. The summed E-state index contributed by atoms with van der Waals surface area (Å²) in [6.07, 6.45) is 0. The molecule has 6 heteroatoms. The van der Waals surface area contributed by atoms with Crippen LogP contribution in [0, 0.1) is 0 Å². The Balaban J connectivity index is 2.73. The van der Waals surface area contributed by atoms with E-state index in [1.807, 2.05) is 14.1 Å². The van der Waals surface area contributed by atoms with Crippen molar-refractivity contribution in [3.8, 4) is 11.5 Å². The largest absolute Gasteiger partial charge is 0.493 e. The van der Waals surface area contributed by atoms with Crippen LogP contribution >= 0.6 is 0 Å². The van der Waals surface area contributed by atoms with E-state index in [0.717, 1.165) is 6.54 Å². The second kappa shape index (κ2) is 8.01. The highest BCUT2D eigenvalue weighted by atomic mass is 19.3. The zero-order valence-electron chi connectivity index (χ0n) is 12.3. The molecular formula is C14H22F2N2O2. The van der Waals surface area contributed by atoms with Gasteiger partial charge in [-0.25, -0.2) is 0 Å². The molecule has 0 amide bonds. The number of halogens is 2. The number of nitrogens with one attached hydrogen (secondary N) is 1. The Morgan fingerprint density at radius 3 is 2.55 bits per heavy atom. The Morgan fingerprint density at radius 1 is 1.30 bits per heavy atom. The number of ether oxygens (including phenoxy) is 2. The van der Waals surface area contributed by atoms with Gasteiger partial charge in [0.1, 0.15) is 0 Å². The minimum Gasteiger partial charge on any atom is -0.493 e. The minimum atomic E-state index is -2.87. The summed E-state index contributed by atoms with van der Waals surface area (Å²) >= 11 is 0. The molecule has 20 heavy (non-hydrogen) atoms. The molecule has 1 aromatic carbocycles. The van der Waals surface area contributed by atoms with Crippen LogP contribution in [0.15, 0.2) is 18.2 Å². The minimum absolute atomic E-state index is 0.0926. The van der Waals surface area contributed by atoms with Crippen molar-refractivity contribution in [2.75, 3.05) is 27.7 Å². The van der Waals surface area contributed by atoms with Gasteiger partial charge in [-0.15, -0.1) is 0 Å². The molecule has 0 aliphatic carbocycles. The summed E-state index contributed by atoms with van der Waals surface area (Å²) in [5, 5.41) is 3.23. The number of methoxy groups -OCH3 is 1. The van der Waals surface area contributed by atoms with Gasteiger partial charge in [-0.05, 0) is 27.1 Å². The van der Waals surface area contributed by atoms with E-state index < -0.39 is 6.61 Å². The van der Waals surface area contributed by atoms with Crippen LogP contribution in [0.25, 0.3) is 0 Å². The Bertz CT molecular complexity index is 414. The van der Waals surface area contributed by atoms with Crippen LogP contribution in [0.2, 0.25) is 0 Å². The van der Waals surface area contributed by atoms with E-state index in [-0.39, 0.29) is 5.75 Å². The van der Waals surface area contributed by atoms with Crippen LogP contribution in [-0.4, -0.2) is 45.3 Å². The first kappa shape index (κ1) is 16.7. The van der Waals surface area contributed by atoms with E-state index in [1.165, 1.54) is 7.11 Å². The van der Waals surface area contributed by atoms with Crippen LogP contribution in [0.1, 0.15) is 12.5 Å². The molecule has 1 unspecified atom stereocenters. The summed E-state index contributed by atoms with van der Waals surface area (Å²) < 4.78 is 34.6. The maximum Gasteiger partial charge on any atom is 0.387 e. The maximum absolute atomic E-state index is 12.5. The van der Waals surface area contributed by atoms with Gasteiger partial charge in [0, 0.05) is 24.7 Å². The lowest BCUT2D eigenvalue weighted by Gasteiger charge is -2.21. The number of benzene rings is 1. The SMILES string of the molecule is COc1cccc(CNCC(C)N(C)C)c1OC(F)F. The highest BCUT2D eigenvalue weighted by Crippen LogP contribution is 2.32. The van der Waals surface area contributed by atoms with Gasteiger partial charge in [0.2, 0.25) is 0 Å². The van der Waals surface area contributed by atoms with Crippen molar-refractivity contribution in [1.82, 2.24) is 10.2 Å². The fourth-order valence-corrected chi connectivity index (χ4v) is 1.68. The number of para-hydroxylation sites is 1. The molecule has 1 atom stereocenters. The van der Waals surface area contributed by atoms with Gasteiger partial charge in [0.05, 0.1) is 7.11 Å². The fourth-order valence-electron chi connectivity index (χ4n) is 1.68. The molecule has 1 N–H and O–H groups in total. The van der Waals surface area contributed by atoms with Crippen molar-refractivity contribution < 1.29 is 18.3 Å². The molecule has 0 spiro atoms. The topological polar surface area (TPSA) is 33.7 Å². The van der Waals surface area contributed by atoms with Crippen molar-refractivity contribution in [3.05, 3.63) is 23.8 Å². The summed E-state index contributed by atoms with van der Waals surface area (Å²) in [5.74, 6) is 0.403. The quantitative estimate of drug-likeness (QED) is 0.796. The molecule has 0 fully saturated rings. The fraction of sp³-hybridized carbons (Fsp3) is 0.571. The third-order valence-corrected chi connectivity index (χ3v) is 3.12. The second-order valence-corrected chi connectivity index (χ2v) is 4.77. The smallest absolute Gasteiger partial charge is 0.387 e. The molecule has 0 heterocycles. The Morgan fingerprint density at radius 2 is 2.00 bits per heavy atom. The standard InChI is InChI=1S/C14H22F2N2O2/c1-10(18(2)3)8-17-9-11-6-5-7-12(19-4)13(11)20-14(15)16/h5-7,10,14,17H,8-9H2,1-4H3. The Kier molecular flexibility index (Phi) is 6.67. The monoisotopic (exact) mass is 288 g/mol. The summed E-state index contributed by atoms with van der Waals surface area (Å²) in [6.45, 7) is 0.399. The predicted molar refractivity (Wildman–Crippen MR) is 74.5 cm³/mol. The summed E-state index contributed by atoms with van der Waals surface area (Å²) in [5.41, 5.74) is 0.649. The number of rotatable bonds is 8. The molecule has 0 bridgehead atoms. The number of alkyl halides is 2. The van der Waals surface area contributed by atoms with Crippen molar-refractivity contribution in [3.63, 3.8) is 0 Å². The number of likely N-dealkylation sites (N-methyl/N-ethyl adjacent to an activating group) is 1. The van der Waals surface area contributed by atoms with Crippen LogP contribution in [0.3, 0.4) is 0 Å². The average molecular weight is 288 g/mol. The molecule has 4 nitrogen and oxygen atoms in total. The van der Waals surface area contributed by atoms with Crippen LogP contribution in [0.5, 0.6) is 11.5 Å². The third-order valence-electron chi connectivity index (χ3n) is 3.12. The summed E-state index contributed by atoms with van der Waals surface area (Å²) in [6, 6.07) is 5.45. The average Bonchev–Trinajstić information content (AvgIpc) is 2.39. The molecule has 114 valence electrons. The Labute approximate surface area is 118 Å². The zero-order valence-corrected chi connectivity index (χ0v) is 12.3. The highest BCUT2D eigenvalue weighted by Gasteiger charge is 2.15. The molecule has 1 rings (SSSR count). The molecule has 0 aromatic heterocycles. The first-order valence-corrected chi connectivity index (χ1v) is 6.43. The van der Waals surface area contributed by atoms with Crippen LogP contribution in [0.4, 0.5) is 8.78 Å². The van der Waals surface area contributed by atoms with Crippen molar-refractivity contribution in [1.29, 1.82) is 0 Å². The Hall–Kier alpha value is -1.40. The van der Waals surface area contributed by atoms with E-state index in [0.29, 0.717) is 23.9 Å². The van der Waals surface area contributed by atoms with Gasteiger partial charge >= 0.3 is 6.61 Å². The van der Waals surface area contributed by atoms with E-state index in [9.17, 15) is 8.78 Å². The lowest BCUT2D eigenvalue weighted by Crippen LogP contribution is -2.35. The lowest BCUT2D eigenvalue weighted by molar-refractivity contribution is -0.0518. The first-order valence-electron chi connectivity index (χ1n) is 6.43. The van der Waals surface area contributed by atoms with E-state index in [2.05, 4.69) is 21.9 Å². The predicted octanol–water partition coefficient (Wildman–Crippen LogP) is 2.34. The number of nitrogens with zero attached hydrogens (tertiary/aromatic N) is 1. The van der Waals surface area contributed by atoms with Gasteiger partial charge in [-0.2, -0.15) is 8.78 Å². The molecule has 0 aliphatic heterocycles. The van der Waals surface area contributed by atoms with Crippen LogP contribution < -0.4 is 14.8 Å². The molecule has 1 aromatic rings. The number of hydrogen-bond acceptors (Lipinski definition) is 4. The van der Waals surface area contributed by atoms with Gasteiger partial charge < -0.3 is 19.7 Å². The van der Waals surface area contributed by atoms with Gasteiger partial charge in [-0.3, -0.25) is 0 Å². The summed E-state index contributed by atoms with van der Waals surface area (Å²) in [7, 11) is 5.41. The second-order valence-electron chi connectivity index (χ2n) is 4.77. The van der Waals surface area contributed by atoms with Crippen molar-refractivity contribution >= 4 is 0 Å². The van der Waals surface area contributed by atoms with Crippen molar-refractivity contribution in [2.45, 2.75) is 26.1 Å². The van der Waals surface area contributed by atoms with Gasteiger partial charge in [0.25, 0.3) is 0 Å². The highest BCUT2D eigenvalue weighted by molar-refractivity contribution is 5.46. The zero-order chi connectivity index (χ0) is 15.1. The summed E-state index contributed by atoms with van der Waals surface area (Å²) in [4.78, 5) is 2.08. The normalized spacial score (nSPS) is 12.8. The molecule has 0 radical (unpaired) electrons. The van der Waals surface area contributed by atoms with Crippen LogP contribution in [-0.2, 0) is 6.54 Å². The third kappa shape index (κ3) is 4.94.